The van der Waals surface area contributed by atoms with E-state index in [1.54, 1.807) is 0 Å². The first-order chi connectivity index (χ1) is 12.1. The topological polar surface area (TPSA) is 6.48 Å². The van der Waals surface area contributed by atoms with E-state index in [1.165, 1.54) is 22.0 Å². The molecule has 3 heteroatoms. The first kappa shape index (κ1) is 17.8. The summed E-state index contributed by atoms with van der Waals surface area (Å²) in [7, 11) is 7.91. The molecule has 0 N–H and O–H groups in total. The van der Waals surface area contributed by atoms with Crippen LogP contribution in [0.5, 0.6) is 0 Å². The van der Waals surface area contributed by atoms with E-state index in [2.05, 4.69) is 111 Å². The van der Waals surface area contributed by atoms with Gasteiger partial charge in [-0.3, -0.25) is 0 Å². The molecule has 2 nitrogen and oxygen atoms in total. The molecule has 0 aromatic heterocycles. The Morgan fingerprint density at radius 2 is 1.08 bits per heavy atom. The van der Waals surface area contributed by atoms with Crippen LogP contribution >= 0.6 is 7.92 Å². The molecule has 0 atom stereocenters. The standard InChI is InChI=1S/C22H27N2P/c1-23(2)18-10-14-21(15-11-18)25(20-8-6-5-7-9-20)22-16-12-19(13-17-22)24(3)4/h6-17,20H,5H2,1-4H3. The van der Waals surface area contributed by atoms with Crippen molar-refractivity contribution in [3.05, 3.63) is 72.8 Å². The van der Waals surface area contributed by atoms with E-state index in [-0.39, 0.29) is 0 Å². The molecule has 3 rings (SSSR count). The van der Waals surface area contributed by atoms with Crippen LogP contribution in [0.4, 0.5) is 11.4 Å². The molecule has 2 aromatic carbocycles. The normalized spacial score (nSPS) is 14.1. The molecular weight excluding hydrogens is 323 g/mol. The number of anilines is 2. The maximum absolute atomic E-state index is 2.38. The fourth-order valence-corrected chi connectivity index (χ4v) is 5.58. The Bertz CT molecular complexity index is 679. The Hall–Kier alpha value is -2.05. The predicted octanol–water partition coefficient (Wildman–Crippen LogP) is 4.14. The van der Waals surface area contributed by atoms with Crippen molar-refractivity contribution >= 4 is 29.9 Å². The molecule has 130 valence electrons. The maximum atomic E-state index is 2.38. The zero-order valence-corrected chi connectivity index (χ0v) is 16.4. The molecule has 0 radical (unpaired) electrons. The summed E-state index contributed by atoms with van der Waals surface area (Å²) in [6.45, 7) is 0. The van der Waals surface area contributed by atoms with Gasteiger partial charge in [0.25, 0.3) is 0 Å². The monoisotopic (exact) mass is 350 g/mol. The molecule has 0 heterocycles. The van der Waals surface area contributed by atoms with Crippen molar-refractivity contribution in [2.75, 3.05) is 38.0 Å². The number of allylic oxidation sites excluding steroid dienone is 4. The second-order valence-corrected chi connectivity index (χ2v) is 9.14. The lowest BCUT2D eigenvalue weighted by atomic mass is 10.2. The Morgan fingerprint density at radius 3 is 1.44 bits per heavy atom. The fraction of sp³-hybridized carbons (Fsp3) is 0.273. The van der Waals surface area contributed by atoms with Gasteiger partial charge in [0.1, 0.15) is 0 Å². The Labute approximate surface area is 153 Å². The average Bonchev–Trinajstić information content (AvgIpc) is 2.64. The highest BCUT2D eigenvalue weighted by Gasteiger charge is 2.22. The molecule has 1 aliphatic carbocycles. The van der Waals surface area contributed by atoms with Crippen molar-refractivity contribution in [2.24, 2.45) is 0 Å². The van der Waals surface area contributed by atoms with Crippen molar-refractivity contribution in [2.45, 2.75) is 12.1 Å². The van der Waals surface area contributed by atoms with E-state index in [0.717, 1.165) is 6.42 Å². The summed E-state index contributed by atoms with van der Waals surface area (Å²) in [5.41, 5.74) is 2.96. The molecule has 2 aromatic rings. The number of nitrogens with zero attached hydrogens (tertiary/aromatic N) is 2. The van der Waals surface area contributed by atoms with E-state index in [1.807, 2.05) is 0 Å². The highest BCUT2D eigenvalue weighted by Crippen LogP contribution is 2.42. The van der Waals surface area contributed by atoms with Crippen molar-refractivity contribution in [3.8, 4) is 0 Å². The molecule has 0 unspecified atom stereocenters. The highest BCUT2D eigenvalue weighted by molar-refractivity contribution is 7.74. The molecule has 0 aliphatic heterocycles. The van der Waals surface area contributed by atoms with E-state index in [4.69, 9.17) is 0 Å². The number of benzene rings is 2. The van der Waals surface area contributed by atoms with Gasteiger partial charge < -0.3 is 9.80 Å². The van der Waals surface area contributed by atoms with E-state index in [9.17, 15) is 0 Å². The number of rotatable bonds is 5. The molecule has 1 aliphatic rings. The van der Waals surface area contributed by atoms with E-state index >= 15 is 0 Å². The highest BCUT2D eigenvalue weighted by atomic mass is 31.1. The second kappa shape index (κ2) is 7.89. The summed E-state index contributed by atoms with van der Waals surface area (Å²) >= 11 is 0. The van der Waals surface area contributed by atoms with Gasteiger partial charge in [-0.05, 0) is 49.2 Å². The third-order valence-electron chi connectivity index (χ3n) is 4.53. The van der Waals surface area contributed by atoms with Gasteiger partial charge in [-0.15, -0.1) is 0 Å². The first-order valence-electron chi connectivity index (χ1n) is 8.73. The van der Waals surface area contributed by atoms with Crippen molar-refractivity contribution in [1.29, 1.82) is 0 Å². The summed E-state index contributed by atoms with van der Waals surface area (Å²) in [6.07, 6.45) is 10.4. The minimum atomic E-state index is -0.443. The summed E-state index contributed by atoms with van der Waals surface area (Å²) in [6, 6.07) is 18.1. The molecular formula is C22H27N2P. The quantitative estimate of drug-likeness (QED) is 0.591. The lowest BCUT2D eigenvalue weighted by Gasteiger charge is -2.26. The van der Waals surface area contributed by atoms with Gasteiger partial charge in [-0.2, -0.15) is 0 Å². The van der Waals surface area contributed by atoms with Crippen molar-refractivity contribution in [3.63, 3.8) is 0 Å². The number of hydrogen-bond donors (Lipinski definition) is 0. The molecule has 25 heavy (non-hydrogen) atoms. The van der Waals surface area contributed by atoms with Crippen LogP contribution in [0.2, 0.25) is 0 Å². The predicted molar refractivity (Wildman–Crippen MR) is 114 cm³/mol. The molecule has 0 saturated carbocycles. The van der Waals surface area contributed by atoms with Crippen molar-refractivity contribution < 1.29 is 0 Å². The zero-order chi connectivity index (χ0) is 17.8. The Morgan fingerprint density at radius 1 is 0.680 bits per heavy atom. The van der Waals surface area contributed by atoms with Crippen LogP contribution in [0, 0.1) is 0 Å². The van der Waals surface area contributed by atoms with Gasteiger partial charge in [0.05, 0.1) is 0 Å². The van der Waals surface area contributed by atoms with E-state index in [0.29, 0.717) is 5.66 Å². The average molecular weight is 350 g/mol. The smallest absolute Gasteiger partial charge is 0.0361 e. The fourth-order valence-electron chi connectivity index (χ4n) is 3.07. The maximum Gasteiger partial charge on any atom is 0.0361 e. The van der Waals surface area contributed by atoms with Crippen LogP contribution in [0.15, 0.2) is 72.8 Å². The SMILES string of the molecule is CN(C)c1ccc(P(c2ccc(N(C)C)cc2)C2C=CCC=C2)cc1. The van der Waals surface area contributed by atoms with Gasteiger partial charge >= 0.3 is 0 Å². The Balaban J connectivity index is 1.98. The van der Waals surface area contributed by atoms with Gasteiger partial charge in [-0.25, -0.2) is 0 Å². The number of hydrogen-bond acceptors (Lipinski definition) is 2. The third kappa shape index (κ3) is 4.14. The van der Waals surface area contributed by atoms with Crippen LogP contribution in [0.1, 0.15) is 6.42 Å². The molecule has 0 saturated heterocycles. The van der Waals surface area contributed by atoms with Crippen molar-refractivity contribution in [1.82, 2.24) is 0 Å². The van der Waals surface area contributed by atoms with Crippen LogP contribution in [-0.4, -0.2) is 33.8 Å². The second-order valence-electron chi connectivity index (χ2n) is 6.77. The van der Waals surface area contributed by atoms with Crippen LogP contribution in [-0.2, 0) is 0 Å². The van der Waals surface area contributed by atoms with Gasteiger partial charge in [0.2, 0.25) is 0 Å². The lowest BCUT2D eigenvalue weighted by Crippen LogP contribution is -2.21. The van der Waals surface area contributed by atoms with Gasteiger partial charge in [0, 0.05) is 45.2 Å². The zero-order valence-electron chi connectivity index (χ0n) is 15.6. The summed E-state index contributed by atoms with van der Waals surface area (Å²) in [5, 5.41) is 2.86. The van der Waals surface area contributed by atoms with E-state index < -0.39 is 7.92 Å². The lowest BCUT2D eigenvalue weighted by molar-refractivity contribution is 1.13. The van der Waals surface area contributed by atoms with Gasteiger partial charge in [0.15, 0.2) is 0 Å². The minimum Gasteiger partial charge on any atom is -0.378 e. The molecule has 0 bridgehead atoms. The largest absolute Gasteiger partial charge is 0.378 e. The van der Waals surface area contributed by atoms with Gasteiger partial charge in [-0.1, -0.05) is 48.6 Å². The van der Waals surface area contributed by atoms with Crippen LogP contribution < -0.4 is 20.4 Å². The van der Waals surface area contributed by atoms with Crippen LogP contribution in [0.3, 0.4) is 0 Å². The first-order valence-corrected chi connectivity index (χ1v) is 10.1. The summed E-state index contributed by atoms with van der Waals surface area (Å²) in [5.74, 6) is 0. The third-order valence-corrected chi connectivity index (χ3v) is 7.17. The minimum absolute atomic E-state index is 0.443. The summed E-state index contributed by atoms with van der Waals surface area (Å²) < 4.78 is 0. The summed E-state index contributed by atoms with van der Waals surface area (Å²) in [4.78, 5) is 4.30. The molecule has 0 amide bonds. The van der Waals surface area contributed by atoms with Crippen LogP contribution in [0.25, 0.3) is 0 Å². The molecule has 0 spiro atoms. The molecule has 0 fully saturated rings. The Kier molecular flexibility index (Phi) is 5.60.